The van der Waals surface area contributed by atoms with Crippen LogP contribution in [0.5, 0.6) is 0 Å². The van der Waals surface area contributed by atoms with E-state index in [1.807, 2.05) is 0 Å². The quantitative estimate of drug-likeness (QED) is 0.682. The topological polar surface area (TPSA) is 70.7 Å². The number of ketones is 1. The number of hydrogen-bond acceptors (Lipinski definition) is 4. The SMILES string of the molecule is CC(=O)c1cc([C@H](O)CO)oc1C. The molecule has 4 heteroatoms. The zero-order chi connectivity index (χ0) is 10.0. The summed E-state index contributed by atoms with van der Waals surface area (Å²) in [6.07, 6.45) is -1.05. The van der Waals surface area contributed by atoms with Gasteiger partial charge in [0.25, 0.3) is 0 Å². The number of furan rings is 1. The molecule has 4 nitrogen and oxygen atoms in total. The van der Waals surface area contributed by atoms with Gasteiger partial charge in [-0.25, -0.2) is 0 Å². The van der Waals surface area contributed by atoms with Crippen molar-refractivity contribution < 1.29 is 19.4 Å². The molecule has 0 bridgehead atoms. The number of hydrogen-bond donors (Lipinski definition) is 2. The lowest BCUT2D eigenvalue weighted by Crippen LogP contribution is -2.00. The van der Waals surface area contributed by atoms with E-state index in [-0.39, 0.29) is 11.5 Å². The van der Waals surface area contributed by atoms with Crippen molar-refractivity contribution in [1.82, 2.24) is 0 Å². The molecule has 1 aromatic rings. The molecule has 0 aliphatic rings. The van der Waals surface area contributed by atoms with E-state index in [1.165, 1.54) is 13.0 Å². The molecule has 0 aromatic carbocycles. The molecule has 0 amide bonds. The monoisotopic (exact) mass is 184 g/mol. The van der Waals surface area contributed by atoms with Crippen LogP contribution >= 0.6 is 0 Å². The number of carbonyl (C=O) groups excluding carboxylic acids is 1. The van der Waals surface area contributed by atoms with E-state index < -0.39 is 12.7 Å². The van der Waals surface area contributed by atoms with Gasteiger partial charge >= 0.3 is 0 Å². The Morgan fingerprint density at radius 3 is 2.69 bits per heavy atom. The van der Waals surface area contributed by atoms with Gasteiger partial charge in [-0.3, -0.25) is 4.79 Å². The van der Waals surface area contributed by atoms with Crippen molar-refractivity contribution in [2.24, 2.45) is 0 Å². The highest BCUT2D eigenvalue weighted by atomic mass is 16.4. The minimum atomic E-state index is -1.05. The van der Waals surface area contributed by atoms with Crippen LogP contribution in [-0.4, -0.2) is 22.6 Å². The minimum Gasteiger partial charge on any atom is -0.463 e. The fourth-order valence-electron chi connectivity index (χ4n) is 1.11. The van der Waals surface area contributed by atoms with Crippen molar-refractivity contribution >= 4 is 5.78 Å². The number of aryl methyl sites for hydroxylation is 1. The van der Waals surface area contributed by atoms with Crippen LogP contribution in [0.3, 0.4) is 0 Å². The average Bonchev–Trinajstić information content (AvgIpc) is 2.46. The number of rotatable bonds is 3. The lowest BCUT2D eigenvalue weighted by Gasteiger charge is -2.00. The lowest BCUT2D eigenvalue weighted by molar-refractivity contribution is 0.0769. The first kappa shape index (κ1) is 9.95. The lowest BCUT2D eigenvalue weighted by atomic mass is 10.1. The summed E-state index contributed by atoms with van der Waals surface area (Å²) in [5.41, 5.74) is 0.447. The third-order valence-corrected chi connectivity index (χ3v) is 1.82. The first-order chi connectivity index (χ1) is 6.06. The maximum atomic E-state index is 11.0. The number of aliphatic hydroxyl groups is 2. The van der Waals surface area contributed by atoms with Crippen molar-refractivity contribution in [2.45, 2.75) is 20.0 Å². The second-order valence-electron chi connectivity index (χ2n) is 2.87. The molecule has 13 heavy (non-hydrogen) atoms. The van der Waals surface area contributed by atoms with Crippen LogP contribution in [0.4, 0.5) is 0 Å². The smallest absolute Gasteiger partial charge is 0.163 e. The molecule has 2 N–H and O–H groups in total. The summed E-state index contributed by atoms with van der Waals surface area (Å²) in [6, 6.07) is 1.46. The molecule has 1 atom stereocenters. The van der Waals surface area contributed by atoms with Gasteiger partial charge in [0, 0.05) is 0 Å². The Morgan fingerprint density at radius 2 is 2.31 bits per heavy atom. The molecule has 72 valence electrons. The molecule has 0 saturated heterocycles. The maximum absolute atomic E-state index is 11.0. The van der Waals surface area contributed by atoms with Gasteiger partial charge in [-0.15, -0.1) is 0 Å². The molecular weight excluding hydrogens is 172 g/mol. The first-order valence-electron chi connectivity index (χ1n) is 3.96. The van der Waals surface area contributed by atoms with Gasteiger partial charge in [0.15, 0.2) is 5.78 Å². The molecule has 0 unspecified atom stereocenters. The van der Waals surface area contributed by atoms with Crippen molar-refractivity contribution in [3.05, 3.63) is 23.2 Å². The number of carbonyl (C=O) groups is 1. The largest absolute Gasteiger partial charge is 0.463 e. The van der Waals surface area contributed by atoms with Gasteiger partial charge in [0.2, 0.25) is 0 Å². The Labute approximate surface area is 75.8 Å². The molecule has 1 aromatic heterocycles. The predicted molar refractivity (Wildman–Crippen MR) is 45.5 cm³/mol. The highest BCUT2D eigenvalue weighted by Gasteiger charge is 2.16. The van der Waals surface area contributed by atoms with Crippen molar-refractivity contribution in [1.29, 1.82) is 0 Å². The molecule has 0 radical (unpaired) electrons. The Balaban J connectivity index is 3.01. The average molecular weight is 184 g/mol. The van der Waals surface area contributed by atoms with Crippen molar-refractivity contribution in [3.8, 4) is 0 Å². The van der Waals surface area contributed by atoms with Gasteiger partial charge in [0.05, 0.1) is 12.2 Å². The normalized spacial score (nSPS) is 12.9. The molecule has 0 aliphatic carbocycles. The van der Waals surface area contributed by atoms with Crippen LogP contribution < -0.4 is 0 Å². The Hall–Kier alpha value is -1.13. The summed E-state index contributed by atoms with van der Waals surface area (Å²) in [5.74, 6) is 0.581. The van der Waals surface area contributed by atoms with E-state index in [1.54, 1.807) is 6.92 Å². The van der Waals surface area contributed by atoms with Crippen LogP contribution in [0.1, 0.15) is 34.9 Å². The highest BCUT2D eigenvalue weighted by Crippen LogP contribution is 2.20. The molecule has 1 heterocycles. The van der Waals surface area contributed by atoms with E-state index in [9.17, 15) is 9.90 Å². The summed E-state index contributed by atoms with van der Waals surface area (Å²) < 4.78 is 5.10. The number of Topliss-reactive ketones (excluding diaryl/α,β-unsaturated/α-hetero) is 1. The van der Waals surface area contributed by atoms with Crippen LogP contribution in [0.15, 0.2) is 10.5 Å². The van der Waals surface area contributed by atoms with E-state index in [4.69, 9.17) is 9.52 Å². The standard InChI is InChI=1S/C9H12O4/c1-5(11)7-3-9(8(12)4-10)13-6(7)2/h3,8,10,12H,4H2,1-2H3/t8-/m1/s1. The molecule has 0 fully saturated rings. The first-order valence-corrected chi connectivity index (χ1v) is 3.96. The summed E-state index contributed by atoms with van der Waals surface area (Å²) >= 11 is 0. The number of aliphatic hydroxyl groups excluding tert-OH is 2. The predicted octanol–water partition coefficient (Wildman–Crippen LogP) is 0.816. The summed E-state index contributed by atoms with van der Waals surface area (Å²) in [7, 11) is 0. The zero-order valence-electron chi connectivity index (χ0n) is 7.57. The molecule has 1 rings (SSSR count). The van der Waals surface area contributed by atoms with E-state index in [0.717, 1.165) is 0 Å². The van der Waals surface area contributed by atoms with Gasteiger partial charge < -0.3 is 14.6 Å². The van der Waals surface area contributed by atoms with Crippen LogP contribution in [0.2, 0.25) is 0 Å². The Kier molecular flexibility index (Phi) is 2.85. The van der Waals surface area contributed by atoms with Crippen LogP contribution in [0.25, 0.3) is 0 Å². The highest BCUT2D eigenvalue weighted by molar-refractivity contribution is 5.95. The second kappa shape index (κ2) is 3.72. The van der Waals surface area contributed by atoms with Gasteiger partial charge in [0.1, 0.15) is 17.6 Å². The van der Waals surface area contributed by atoms with Gasteiger partial charge in [-0.05, 0) is 19.9 Å². The molecule has 0 saturated carbocycles. The summed E-state index contributed by atoms with van der Waals surface area (Å²) in [6.45, 7) is 2.65. The third-order valence-electron chi connectivity index (χ3n) is 1.82. The second-order valence-corrected chi connectivity index (χ2v) is 2.87. The molecule has 0 aliphatic heterocycles. The summed E-state index contributed by atoms with van der Waals surface area (Å²) in [5, 5.41) is 17.8. The van der Waals surface area contributed by atoms with Gasteiger partial charge in [-0.1, -0.05) is 0 Å². The van der Waals surface area contributed by atoms with Gasteiger partial charge in [-0.2, -0.15) is 0 Å². The third kappa shape index (κ3) is 1.96. The Bertz CT molecular complexity index is 313. The van der Waals surface area contributed by atoms with E-state index in [2.05, 4.69) is 0 Å². The molecular formula is C9H12O4. The van der Waals surface area contributed by atoms with Crippen LogP contribution in [0, 0.1) is 6.92 Å². The van der Waals surface area contributed by atoms with E-state index in [0.29, 0.717) is 11.3 Å². The molecule has 0 spiro atoms. The Morgan fingerprint density at radius 1 is 1.69 bits per heavy atom. The van der Waals surface area contributed by atoms with Crippen molar-refractivity contribution in [2.75, 3.05) is 6.61 Å². The maximum Gasteiger partial charge on any atom is 0.163 e. The minimum absolute atomic E-state index is 0.113. The fourth-order valence-corrected chi connectivity index (χ4v) is 1.11. The van der Waals surface area contributed by atoms with Crippen molar-refractivity contribution in [3.63, 3.8) is 0 Å². The van der Waals surface area contributed by atoms with Crippen LogP contribution in [-0.2, 0) is 0 Å². The fraction of sp³-hybridized carbons (Fsp3) is 0.444. The zero-order valence-corrected chi connectivity index (χ0v) is 7.57. The summed E-state index contributed by atoms with van der Waals surface area (Å²) in [4.78, 5) is 11.0. The van der Waals surface area contributed by atoms with E-state index >= 15 is 0 Å².